The molecule has 1 aliphatic heterocycles. The Balaban J connectivity index is -0.000000827. The topological polar surface area (TPSA) is 73.5 Å². The number of likely N-dealkylation sites (N-methyl/N-ethyl adjacent to an activating group) is 1. The number of hydrogen-bond acceptors (Lipinski definition) is 3. The van der Waals surface area contributed by atoms with Crippen LogP contribution in [0.5, 0.6) is 0 Å². The zero-order valence-electron chi connectivity index (χ0n) is 28.8. The number of fused-ring (bicyclic) bond motifs is 1. The number of ketones is 1. The van der Waals surface area contributed by atoms with E-state index in [4.69, 9.17) is 0 Å². The minimum absolute atomic E-state index is 0. The molecule has 246 valence electrons. The van der Waals surface area contributed by atoms with E-state index in [0.717, 1.165) is 12.0 Å². The number of Topliss-reactive ketones (excluding diaryl/α,β-unsaturated/α-hetero) is 1. The van der Waals surface area contributed by atoms with Gasteiger partial charge in [-0.25, -0.2) is 15.3 Å². The van der Waals surface area contributed by atoms with Crippen molar-refractivity contribution in [2.45, 2.75) is 75.7 Å². The predicted octanol–water partition coefficient (Wildman–Crippen LogP) is 8.59. The van der Waals surface area contributed by atoms with Gasteiger partial charge in [0.05, 0.1) is 12.1 Å². The van der Waals surface area contributed by atoms with Crippen LogP contribution in [0.15, 0.2) is 42.5 Å². The minimum Gasteiger partial charge on any atom is -0.491 e. The largest absolute Gasteiger partial charge is 0.491 e. The van der Waals surface area contributed by atoms with Gasteiger partial charge in [0.1, 0.15) is 23.1 Å². The molecular weight excluding hydrogens is 693 g/mol. The summed E-state index contributed by atoms with van der Waals surface area (Å²) >= 11 is 0. The Labute approximate surface area is 297 Å². The van der Waals surface area contributed by atoms with Crippen LogP contribution >= 0.6 is 0 Å². The van der Waals surface area contributed by atoms with Crippen molar-refractivity contribution in [3.05, 3.63) is 84.9 Å². The molecule has 0 saturated carbocycles. The molecule has 1 aromatic heterocycles. The van der Waals surface area contributed by atoms with E-state index in [9.17, 15) is 23.2 Å². The molecule has 1 N–H and O–H groups in total. The van der Waals surface area contributed by atoms with Gasteiger partial charge in [0, 0.05) is 70.8 Å². The van der Waals surface area contributed by atoms with Gasteiger partial charge in [0.2, 0.25) is 5.91 Å². The maximum atomic E-state index is 13.9. The van der Waals surface area contributed by atoms with Crippen molar-refractivity contribution in [2.75, 3.05) is 20.1 Å². The summed E-state index contributed by atoms with van der Waals surface area (Å²) in [7, 11) is 1.45. The van der Waals surface area contributed by atoms with E-state index in [-0.39, 0.29) is 94.6 Å². The average molecular weight is 746 g/mol. The van der Waals surface area contributed by atoms with Crippen LogP contribution in [0.3, 0.4) is 0 Å². The van der Waals surface area contributed by atoms with Crippen LogP contribution in [0, 0.1) is 92.1 Å². The summed E-state index contributed by atoms with van der Waals surface area (Å²) in [6, 6.07) is 12.4. The zero-order valence-corrected chi connectivity index (χ0v) is 32.0. The quantitative estimate of drug-likeness (QED) is 0.272. The number of benzene rings is 2. The van der Waals surface area contributed by atoms with E-state index in [1.807, 2.05) is 45.9 Å². The molecule has 3 aromatic rings. The van der Waals surface area contributed by atoms with Crippen molar-refractivity contribution in [3.63, 3.8) is 0 Å². The number of aromatic amines is 1. The minimum atomic E-state index is -0.760. The SMILES string of the molecule is CC.CC.CC(=O)C1C[CH-]N(C(=O)CN(C)C(=O)c2cc3c(F)cc(F)c(C)c3[nH]2)C1.CC(C)C.Cc1ccccc1.[CH3-].[Nd]. The number of aryl methyl sites for hydroxylation is 2. The Kier molecular flexibility index (Phi) is 25.3. The number of halogens is 2. The van der Waals surface area contributed by atoms with Crippen LogP contribution in [0.1, 0.15) is 83.4 Å². The Morgan fingerprint density at radius 2 is 1.52 bits per heavy atom. The monoisotopic (exact) mass is 743 g/mol. The molecule has 9 heteroatoms. The second kappa shape index (κ2) is 24.1. The van der Waals surface area contributed by atoms with E-state index in [1.165, 1.54) is 42.3 Å². The van der Waals surface area contributed by atoms with E-state index in [1.54, 1.807) is 6.54 Å². The number of carbonyl (C=O) groups excluding carboxylic acids is 3. The summed E-state index contributed by atoms with van der Waals surface area (Å²) in [5, 5.41) is 0.120. The van der Waals surface area contributed by atoms with Gasteiger partial charge < -0.3 is 22.2 Å². The fourth-order valence-corrected chi connectivity index (χ4v) is 3.72. The van der Waals surface area contributed by atoms with Gasteiger partial charge in [-0.1, -0.05) is 84.4 Å². The summed E-state index contributed by atoms with van der Waals surface area (Å²) in [4.78, 5) is 41.7. The fraction of sp³-hybridized carbons (Fsp3) is 0.457. The van der Waals surface area contributed by atoms with Crippen molar-refractivity contribution in [3.8, 4) is 0 Å². The maximum Gasteiger partial charge on any atom is 0.270 e. The Hall–Kier alpha value is -2.20. The average Bonchev–Trinajstić information content (AvgIpc) is 3.63. The number of likely N-dealkylation sites (tertiary alicyclic amines) is 1. The van der Waals surface area contributed by atoms with Crippen molar-refractivity contribution in [1.29, 1.82) is 0 Å². The molecule has 4 rings (SSSR count). The molecule has 2 aromatic carbocycles. The summed E-state index contributed by atoms with van der Waals surface area (Å²) < 4.78 is 27.6. The van der Waals surface area contributed by atoms with Crippen LogP contribution < -0.4 is 0 Å². The number of rotatable bonds is 4. The second-order valence-electron chi connectivity index (χ2n) is 10.3. The smallest absolute Gasteiger partial charge is 0.270 e. The predicted molar refractivity (Wildman–Crippen MR) is 176 cm³/mol. The number of aromatic nitrogens is 1. The van der Waals surface area contributed by atoms with Gasteiger partial charge in [0.15, 0.2) is 0 Å². The Morgan fingerprint density at radius 1 is 1.00 bits per heavy atom. The van der Waals surface area contributed by atoms with Crippen LogP contribution in [0.4, 0.5) is 8.78 Å². The number of amides is 2. The third-order valence-electron chi connectivity index (χ3n) is 5.87. The van der Waals surface area contributed by atoms with Crippen molar-refractivity contribution in [2.24, 2.45) is 11.8 Å². The molecule has 2 heterocycles. The van der Waals surface area contributed by atoms with E-state index in [2.05, 4.69) is 44.8 Å². The van der Waals surface area contributed by atoms with Crippen LogP contribution in [-0.2, 0) is 9.59 Å². The first-order chi connectivity index (χ1) is 19.8. The summed E-state index contributed by atoms with van der Waals surface area (Å²) in [6.45, 7) is 21.3. The fourth-order valence-electron chi connectivity index (χ4n) is 3.72. The molecule has 1 fully saturated rings. The number of nitrogens with one attached hydrogen (secondary N) is 1. The number of H-pyrrole nitrogens is 1. The molecule has 1 saturated heterocycles. The van der Waals surface area contributed by atoms with Crippen LogP contribution in [0.2, 0.25) is 0 Å². The molecular formula is C35H53F2N3NdO3-2. The van der Waals surface area contributed by atoms with Crippen molar-refractivity contribution >= 4 is 28.5 Å². The molecule has 2 amide bonds. The van der Waals surface area contributed by atoms with Gasteiger partial charge in [-0.05, 0) is 39.3 Å². The molecule has 0 spiro atoms. The number of carbonyl (C=O) groups is 3. The van der Waals surface area contributed by atoms with Crippen molar-refractivity contribution in [1.82, 2.24) is 14.8 Å². The van der Waals surface area contributed by atoms with Gasteiger partial charge in [0.25, 0.3) is 5.91 Å². The molecule has 1 atom stereocenters. The molecule has 44 heavy (non-hydrogen) atoms. The second-order valence-corrected chi connectivity index (χ2v) is 10.3. The molecule has 0 aliphatic carbocycles. The third kappa shape index (κ3) is 15.2. The first-order valence-electron chi connectivity index (χ1n) is 14.7. The first-order valence-corrected chi connectivity index (χ1v) is 14.7. The molecule has 1 aliphatic rings. The summed E-state index contributed by atoms with van der Waals surface area (Å²) in [5.41, 5.74) is 1.82. The molecule has 6 nitrogen and oxygen atoms in total. The van der Waals surface area contributed by atoms with Crippen molar-refractivity contribution < 1.29 is 64.0 Å². The maximum absolute atomic E-state index is 13.9. The zero-order chi connectivity index (χ0) is 32.6. The van der Waals surface area contributed by atoms with E-state index < -0.39 is 17.5 Å². The first kappa shape index (κ1) is 46.2. The standard InChI is InChI=1S/C19H20F2N3O3.C7H8.C4H10.2C2H6.CH3.Nd/c1-10-14(20)7-15(21)13-6-16(22-18(10)13)19(27)23(3)9-17(26)24-5-4-12(8-24)11(2)25;1-7-5-3-2-4-6-7;1-4(2)3;2*1-2;;/h5-7,12,22H,4,8-9H2,1-3H3;2-6H,1H3;4H,1-3H3;2*1-2H3;1H3;/q-1;;;;;-1;. The molecule has 0 bridgehead atoms. The van der Waals surface area contributed by atoms with Crippen LogP contribution in [-0.4, -0.2) is 52.5 Å². The third-order valence-corrected chi connectivity index (χ3v) is 5.87. The molecule has 0 radical (unpaired) electrons. The van der Waals surface area contributed by atoms with Gasteiger partial charge in [-0.2, -0.15) is 6.42 Å². The summed E-state index contributed by atoms with van der Waals surface area (Å²) in [5.74, 6) is -1.63. The van der Waals surface area contributed by atoms with E-state index >= 15 is 0 Å². The normalized spacial score (nSPS) is 12.8. The summed E-state index contributed by atoms with van der Waals surface area (Å²) in [6.07, 6.45) is 0.505. The Morgan fingerprint density at radius 3 is 1.95 bits per heavy atom. The van der Waals surface area contributed by atoms with E-state index in [0.29, 0.717) is 13.0 Å². The van der Waals surface area contributed by atoms with Gasteiger partial charge >= 0.3 is 0 Å². The Bertz CT molecular complexity index is 1260. The number of hydrogen-bond donors (Lipinski definition) is 1. The van der Waals surface area contributed by atoms with Gasteiger partial charge in [-0.3, -0.25) is 14.4 Å². The van der Waals surface area contributed by atoms with Gasteiger partial charge in [-0.15, -0.1) is 0 Å². The van der Waals surface area contributed by atoms with Crippen LogP contribution in [0.25, 0.3) is 10.9 Å². The molecule has 1 unspecified atom stereocenters. The number of nitrogens with zero attached hydrogens (tertiary/aromatic N) is 2.